The average Bonchev–Trinajstić information content (AvgIpc) is 2.26. The van der Waals surface area contributed by atoms with Crippen LogP contribution in [0.1, 0.15) is 39.1 Å². The van der Waals surface area contributed by atoms with Crippen molar-refractivity contribution in [3.05, 3.63) is 18.2 Å². The number of hydrogen-bond donors (Lipinski definition) is 0. The SMILES string of the molecule is CC[C@H](OC(C)C)c1ncc(OC)cn1. The minimum atomic E-state index is -0.0316. The van der Waals surface area contributed by atoms with Gasteiger partial charge in [-0.1, -0.05) is 6.92 Å². The summed E-state index contributed by atoms with van der Waals surface area (Å²) >= 11 is 0. The first-order chi connectivity index (χ1) is 7.17. The first-order valence-electron chi connectivity index (χ1n) is 5.18. The fourth-order valence-corrected chi connectivity index (χ4v) is 1.27. The van der Waals surface area contributed by atoms with Gasteiger partial charge in [0.25, 0.3) is 0 Å². The molecule has 0 saturated heterocycles. The Balaban J connectivity index is 2.74. The second-order valence-electron chi connectivity index (χ2n) is 3.56. The van der Waals surface area contributed by atoms with Gasteiger partial charge in [-0.3, -0.25) is 0 Å². The summed E-state index contributed by atoms with van der Waals surface area (Å²) in [7, 11) is 1.60. The summed E-state index contributed by atoms with van der Waals surface area (Å²) in [6, 6.07) is 0. The highest BCUT2D eigenvalue weighted by Crippen LogP contribution is 2.19. The summed E-state index contributed by atoms with van der Waals surface area (Å²) in [5, 5.41) is 0. The van der Waals surface area contributed by atoms with Crippen molar-refractivity contribution in [3.63, 3.8) is 0 Å². The number of rotatable bonds is 5. The van der Waals surface area contributed by atoms with Crippen LogP contribution in [0.5, 0.6) is 5.75 Å². The Labute approximate surface area is 90.7 Å². The zero-order valence-electron chi connectivity index (χ0n) is 9.73. The summed E-state index contributed by atoms with van der Waals surface area (Å²) in [4.78, 5) is 8.43. The van der Waals surface area contributed by atoms with Crippen LogP contribution in [0.15, 0.2) is 12.4 Å². The normalized spacial score (nSPS) is 12.9. The first-order valence-corrected chi connectivity index (χ1v) is 5.18. The minimum absolute atomic E-state index is 0.0316. The molecule has 15 heavy (non-hydrogen) atoms. The summed E-state index contributed by atoms with van der Waals surface area (Å²) in [6.07, 6.45) is 4.34. The third-order valence-corrected chi connectivity index (χ3v) is 1.98. The molecule has 0 N–H and O–H groups in total. The predicted octanol–water partition coefficient (Wildman–Crippen LogP) is 2.36. The molecule has 1 aromatic heterocycles. The van der Waals surface area contributed by atoms with E-state index in [-0.39, 0.29) is 12.2 Å². The van der Waals surface area contributed by atoms with Crippen molar-refractivity contribution >= 4 is 0 Å². The Morgan fingerprint density at radius 2 is 1.87 bits per heavy atom. The first kappa shape index (κ1) is 11.9. The van der Waals surface area contributed by atoms with E-state index in [1.807, 2.05) is 13.8 Å². The predicted molar refractivity (Wildman–Crippen MR) is 57.8 cm³/mol. The molecule has 1 rings (SSSR count). The third kappa shape index (κ3) is 3.47. The smallest absolute Gasteiger partial charge is 0.157 e. The fraction of sp³-hybridized carbons (Fsp3) is 0.636. The van der Waals surface area contributed by atoms with Crippen LogP contribution in [0.3, 0.4) is 0 Å². The summed E-state index contributed by atoms with van der Waals surface area (Å²) in [5.74, 6) is 1.38. The van der Waals surface area contributed by atoms with Gasteiger partial charge in [0.15, 0.2) is 11.6 Å². The Hall–Kier alpha value is -1.16. The van der Waals surface area contributed by atoms with E-state index in [4.69, 9.17) is 9.47 Å². The highest BCUT2D eigenvalue weighted by molar-refractivity contribution is 5.12. The molecule has 4 nitrogen and oxygen atoms in total. The van der Waals surface area contributed by atoms with E-state index in [0.29, 0.717) is 11.6 Å². The molecule has 0 aliphatic carbocycles. The summed E-state index contributed by atoms with van der Waals surface area (Å²) in [6.45, 7) is 6.07. The molecular weight excluding hydrogens is 192 g/mol. The van der Waals surface area contributed by atoms with Gasteiger partial charge in [-0.05, 0) is 20.3 Å². The molecule has 0 aromatic carbocycles. The number of ether oxygens (including phenoxy) is 2. The molecular formula is C11H18N2O2. The van der Waals surface area contributed by atoms with E-state index in [1.165, 1.54) is 0 Å². The lowest BCUT2D eigenvalue weighted by atomic mass is 10.2. The molecule has 0 radical (unpaired) electrons. The van der Waals surface area contributed by atoms with Gasteiger partial charge in [0.1, 0.15) is 6.10 Å². The van der Waals surface area contributed by atoms with E-state index in [0.717, 1.165) is 6.42 Å². The molecule has 0 spiro atoms. The lowest BCUT2D eigenvalue weighted by molar-refractivity contribution is -0.000633. The van der Waals surface area contributed by atoms with Crippen molar-refractivity contribution in [2.75, 3.05) is 7.11 Å². The van der Waals surface area contributed by atoms with Crippen LogP contribution in [0.4, 0.5) is 0 Å². The quantitative estimate of drug-likeness (QED) is 0.748. The van der Waals surface area contributed by atoms with Gasteiger partial charge in [0.05, 0.1) is 25.6 Å². The maximum Gasteiger partial charge on any atom is 0.157 e. The third-order valence-electron chi connectivity index (χ3n) is 1.98. The van der Waals surface area contributed by atoms with Gasteiger partial charge < -0.3 is 9.47 Å². The van der Waals surface area contributed by atoms with Crippen molar-refractivity contribution in [1.82, 2.24) is 9.97 Å². The maximum atomic E-state index is 5.69. The van der Waals surface area contributed by atoms with Crippen LogP contribution < -0.4 is 4.74 Å². The molecule has 0 bridgehead atoms. The number of hydrogen-bond acceptors (Lipinski definition) is 4. The molecule has 0 aliphatic heterocycles. The van der Waals surface area contributed by atoms with Gasteiger partial charge in [-0.15, -0.1) is 0 Å². The van der Waals surface area contributed by atoms with Crippen LogP contribution >= 0.6 is 0 Å². The van der Waals surface area contributed by atoms with Crippen molar-refractivity contribution in [2.24, 2.45) is 0 Å². The Kier molecular flexibility index (Phi) is 4.49. The standard InChI is InChI=1S/C11H18N2O2/c1-5-10(15-8(2)3)11-12-6-9(14-4)7-13-11/h6-8,10H,5H2,1-4H3/t10-/m0/s1. The molecule has 0 fully saturated rings. The van der Waals surface area contributed by atoms with Gasteiger partial charge in [0.2, 0.25) is 0 Å². The van der Waals surface area contributed by atoms with E-state index in [1.54, 1.807) is 19.5 Å². The average molecular weight is 210 g/mol. The van der Waals surface area contributed by atoms with E-state index >= 15 is 0 Å². The van der Waals surface area contributed by atoms with Gasteiger partial charge in [0, 0.05) is 0 Å². The largest absolute Gasteiger partial charge is 0.494 e. The molecule has 1 atom stereocenters. The second kappa shape index (κ2) is 5.66. The van der Waals surface area contributed by atoms with E-state index in [2.05, 4.69) is 16.9 Å². The molecule has 0 aliphatic rings. The molecule has 0 unspecified atom stereocenters. The van der Waals surface area contributed by atoms with Crippen LogP contribution in [0.2, 0.25) is 0 Å². The topological polar surface area (TPSA) is 44.2 Å². The van der Waals surface area contributed by atoms with E-state index in [9.17, 15) is 0 Å². The van der Waals surface area contributed by atoms with Crippen LogP contribution in [0, 0.1) is 0 Å². The monoisotopic (exact) mass is 210 g/mol. The zero-order valence-corrected chi connectivity index (χ0v) is 9.73. The highest BCUT2D eigenvalue weighted by Gasteiger charge is 2.14. The van der Waals surface area contributed by atoms with Gasteiger partial charge in [-0.25, -0.2) is 9.97 Å². The second-order valence-corrected chi connectivity index (χ2v) is 3.56. The molecule has 0 saturated carbocycles. The Morgan fingerprint density at radius 3 is 2.27 bits per heavy atom. The highest BCUT2D eigenvalue weighted by atomic mass is 16.5. The number of methoxy groups -OCH3 is 1. The van der Waals surface area contributed by atoms with Crippen LogP contribution in [0.25, 0.3) is 0 Å². The minimum Gasteiger partial charge on any atom is -0.494 e. The van der Waals surface area contributed by atoms with Crippen molar-refractivity contribution in [3.8, 4) is 5.75 Å². The molecule has 4 heteroatoms. The van der Waals surface area contributed by atoms with Crippen LogP contribution in [-0.2, 0) is 4.74 Å². The maximum absolute atomic E-state index is 5.69. The van der Waals surface area contributed by atoms with Crippen molar-refractivity contribution in [1.29, 1.82) is 0 Å². The van der Waals surface area contributed by atoms with Crippen molar-refractivity contribution < 1.29 is 9.47 Å². The summed E-state index contributed by atoms with van der Waals surface area (Å²) < 4.78 is 10.7. The van der Waals surface area contributed by atoms with E-state index < -0.39 is 0 Å². The molecule has 0 amide bonds. The number of aromatic nitrogens is 2. The Bertz CT molecular complexity index is 285. The zero-order chi connectivity index (χ0) is 11.3. The van der Waals surface area contributed by atoms with Gasteiger partial charge >= 0.3 is 0 Å². The molecule has 84 valence electrons. The van der Waals surface area contributed by atoms with Crippen LogP contribution in [-0.4, -0.2) is 23.2 Å². The summed E-state index contributed by atoms with van der Waals surface area (Å²) in [5.41, 5.74) is 0. The fourth-order valence-electron chi connectivity index (χ4n) is 1.27. The van der Waals surface area contributed by atoms with Gasteiger partial charge in [-0.2, -0.15) is 0 Å². The molecule has 1 heterocycles. The molecule has 1 aromatic rings. The lowest BCUT2D eigenvalue weighted by Gasteiger charge is -2.17. The lowest BCUT2D eigenvalue weighted by Crippen LogP contribution is -2.12. The number of nitrogens with zero attached hydrogens (tertiary/aromatic N) is 2. The Morgan fingerprint density at radius 1 is 1.27 bits per heavy atom. The van der Waals surface area contributed by atoms with Crippen molar-refractivity contribution in [2.45, 2.75) is 39.4 Å².